The normalized spacial score (nSPS) is 24.0. The van der Waals surface area contributed by atoms with Gasteiger partial charge in [-0.15, -0.1) is 0 Å². The van der Waals surface area contributed by atoms with Crippen molar-refractivity contribution in [1.82, 2.24) is 15.1 Å². The highest BCUT2D eigenvalue weighted by atomic mass is 35.5. The van der Waals surface area contributed by atoms with E-state index in [4.69, 9.17) is 22.1 Å². The number of ether oxygens (including phenoxy) is 1. The van der Waals surface area contributed by atoms with E-state index < -0.39 is 0 Å². The average Bonchev–Trinajstić information content (AvgIpc) is 2.73. The van der Waals surface area contributed by atoms with Gasteiger partial charge in [0, 0.05) is 36.7 Å². The lowest BCUT2D eigenvalue weighted by Crippen LogP contribution is -2.48. The first-order valence-electron chi connectivity index (χ1n) is 10.9. The number of hydrogen-bond donors (Lipinski definition) is 2. The Bertz CT molecular complexity index is 736. The quantitative estimate of drug-likeness (QED) is 0.548. The number of nitrogens with two attached hydrogens (primary N) is 1. The van der Waals surface area contributed by atoms with E-state index in [1.165, 1.54) is 5.56 Å². The molecule has 1 aromatic rings. The van der Waals surface area contributed by atoms with Crippen molar-refractivity contribution in [2.75, 3.05) is 39.8 Å². The number of likely N-dealkylation sites (tertiary alicyclic amines) is 2. The Morgan fingerprint density at radius 2 is 2.07 bits per heavy atom. The van der Waals surface area contributed by atoms with E-state index in [0.717, 1.165) is 37.3 Å². The Labute approximate surface area is 184 Å². The third-order valence-corrected chi connectivity index (χ3v) is 6.30. The number of rotatable bonds is 5. The molecule has 0 aliphatic carbocycles. The van der Waals surface area contributed by atoms with Crippen LogP contribution in [-0.2, 0) is 4.74 Å². The Kier molecular flexibility index (Phi) is 8.22. The molecule has 30 heavy (non-hydrogen) atoms. The Morgan fingerprint density at radius 3 is 2.77 bits per heavy atom. The van der Waals surface area contributed by atoms with Crippen LogP contribution in [0.15, 0.2) is 29.3 Å². The second kappa shape index (κ2) is 10.9. The predicted molar refractivity (Wildman–Crippen MR) is 121 cm³/mol. The van der Waals surface area contributed by atoms with Crippen LogP contribution in [0.1, 0.15) is 44.2 Å². The molecule has 3 rings (SSSR count). The molecule has 2 fully saturated rings. The van der Waals surface area contributed by atoms with Gasteiger partial charge < -0.3 is 20.7 Å². The maximum Gasteiger partial charge on any atom is 0.409 e. The van der Waals surface area contributed by atoms with Gasteiger partial charge >= 0.3 is 6.09 Å². The third kappa shape index (κ3) is 6.01. The van der Waals surface area contributed by atoms with Gasteiger partial charge in [-0.05, 0) is 69.8 Å². The zero-order valence-electron chi connectivity index (χ0n) is 18.0. The number of aliphatic imine (C=N–C) groups is 1. The molecule has 2 aliphatic rings. The predicted octanol–water partition coefficient (Wildman–Crippen LogP) is 3.25. The fourth-order valence-corrected chi connectivity index (χ4v) is 4.76. The fraction of sp³-hybridized carbons (Fsp3) is 0.636. The molecular weight excluding hydrogens is 402 g/mol. The van der Waals surface area contributed by atoms with Gasteiger partial charge in [0.1, 0.15) is 0 Å². The van der Waals surface area contributed by atoms with Crippen LogP contribution in [0.3, 0.4) is 0 Å². The zero-order chi connectivity index (χ0) is 21.5. The number of nitrogens with zero attached hydrogens (tertiary/aromatic N) is 3. The minimum Gasteiger partial charge on any atom is -0.450 e. The second-order valence-corrected chi connectivity index (χ2v) is 8.65. The van der Waals surface area contributed by atoms with E-state index in [1.54, 1.807) is 4.90 Å². The van der Waals surface area contributed by atoms with E-state index in [9.17, 15) is 4.79 Å². The highest BCUT2D eigenvalue weighted by Gasteiger charge is 2.30. The van der Waals surface area contributed by atoms with E-state index in [2.05, 4.69) is 34.4 Å². The molecule has 0 bridgehead atoms. The molecule has 2 saturated heterocycles. The lowest BCUT2D eigenvalue weighted by molar-refractivity contribution is 0.0963. The standard InChI is InChI=1S/C22H34ClN5O2/c1-3-30-22(29)28-12-9-19(10-13-28)26-21(24)25-15-17-7-5-11-27(2)20(17)16-6-4-8-18(23)14-16/h4,6,8,14,17,19-20H,3,5,7,9-13,15H2,1-2H3,(H3,24,25,26). The number of nitrogens with one attached hydrogen (secondary N) is 1. The summed E-state index contributed by atoms with van der Waals surface area (Å²) in [6.07, 6.45) is 3.73. The Balaban J connectivity index is 1.54. The molecule has 8 heteroatoms. The van der Waals surface area contributed by atoms with E-state index in [1.807, 2.05) is 19.1 Å². The topological polar surface area (TPSA) is 83.2 Å². The largest absolute Gasteiger partial charge is 0.450 e. The van der Waals surface area contributed by atoms with Crippen LogP contribution in [0.5, 0.6) is 0 Å². The van der Waals surface area contributed by atoms with E-state index >= 15 is 0 Å². The first-order chi connectivity index (χ1) is 14.5. The third-order valence-electron chi connectivity index (χ3n) is 6.07. The number of carbonyl (C=O) groups is 1. The number of carbonyl (C=O) groups excluding carboxylic acids is 1. The molecule has 0 radical (unpaired) electrons. The molecule has 1 amide bonds. The Morgan fingerprint density at radius 1 is 1.30 bits per heavy atom. The van der Waals surface area contributed by atoms with Crippen molar-refractivity contribution in [3.8, 4) is 0 Å². The zero-order valence-corrected chi connectivity index (χ0v) is 18.8. The molecule has 0 saturated carbocycles. The van der Waals surface area contributed by atoms with Crippen molar-refractivity contribution < 1.29 is 9.53 Å². The van der Waals surface area contributed by atoms with Crippen molar-refractivity contribution in [2.45, 2.75) is 44.7 Å². The monoisotopic (exact) mass is 435 g/mol. The van der Waals surface area contributed by atoms with Crippen molar-refractivity contribution in [3.05, 3.63) is 34.9 Å². The summed E-state index contributed by atoms with van der Waals surface area (Å²) in [6.45, 7) is 5.34. The first kappa shape index (κ1) is 22.7. The van der Waals surface area contributed by atoms with Crippen LogP contribution in [-0.4, -0.2) is 67.7 Å². The number of piperidine rings is 2. The number of amides is 1. The highest BCUT2D eigenvalue weighted by Crippen LogP contribution is 2.36. The minimum absolute atomic E-state index is 0.230. The Hall–Kier alpha value is -1.99. The molecule has 2 aliphatic heterocycles. The summed E-state index contributed by atoms with van der Waals surface area (Å²) in [5.41, 5.74) is 7.44. The lowest BCUT2D eigenvalue weighted by atomic mass is 9.85. The molecule has 7 nitrogen and oxygen atoms in total. The molecule has 0 spiro atoms. The molecular formula is C22H34ClN5O2. The average molecular weight is 436 g/mol. The van der Waals surface area contributed by atoms with Gasteiger partial charge in [0.25, 0.3) is 0 Å². The van der Waals surface area contributed by atoms with Crippen LogP contribution in [0.2, 0.25) is 5.02 Å². The molecule has 2 heterocycles. The number of benzene rings is 1. The highest BCUT2D eigenvalue weighted by molar-refractivity contribution is 6.30. The molecule has 1 aromatic carbocycles. The van der Waals surface area contributed by atoms with Gasteiger partial charge in [-0.25, -0.2) is 4.79 Å². The van der Waals surface area contributed by atoms with Crippen LogP contribution in [0.4, 0.5) is 4.79 Å². The van der Waals surface area contributed by atoms with Gasteiger partial charge in [-0.2, -0.15) is 0 Å². The summed E-state index contributed by atoms with van der Waals surface area (Å²) >= 11 is 6.23. The molecule has 2 unspecified atom stereocenters. The van der Waals surface area contributed by atoms with Crippen LogP contribution in [0.25, 0.3) is 0 Å². The van der Waals surface area contributed by atoms with E-state index in [0.29, 0.717) is 44.2 Å². The van der Waals surface area contributed by atoms with Gasteiger partial charge in [0.15, 0.2) is 5.96 Å². The molecule has 2 atom stereocenters. The number of hydrogen-bond acceptors (Lipinski definition) is 4. The van der Waals surface area contributed by atoms with Crippen molar-refractivity contribution in [3.63, 3.8) is 0 Å². The van der Waals surface area contributed by atoms with Gasteiger partial charge in [-0.3, -0.25) is 9.89 Å². The summed E-state index contributed by atoms with van der Waals surface area (Å²) in [4.78, 5) is 20.6. The fourth-order valence-electron chi connectivity index (χ4n) is 4.56. The first-order valence-corrected chi connectivity index (χ1v) is 11.3. The van der Waals surface area contributed by atoms with Crippen molar-refractivity contribution in [1.29, 1.82) is 0 Å². The van der Waals surface area contributed by atoms with Crippen molar-refractivity contribution >= 4 is 23.7 Å². The number of halogens is 1. The summed E-state index contributed by atoms with van der Waals surface area (Å²) in [7, 11) is 2.17. The van der Waals surface area contributed by atoms with Gasteiger partial charge in [0.2, 0.25) is 0 Å². The molecule has 166 valence electrons. The van der Waals surface area contributed by atoms with E-state index in [-0.39, 0.29) is 12.1 Å². The summed E-state index contributed by atoms with van der Waals surface area (Å²) in [6, 6.07) is 8.66. The molecule has 3 N–H and O–H groups in total. The second-order valence-electron chi connectivity index (χ2n) is 8.21. The van der Waals surface area contributed by atoms with Gasteiger partial charge in [-0.1, -0.05) is 23.7 Å². The SMILES string of the molecule is CCOC(=O)N1CCC(NC(N)=NCC2CCCN(C)C2c2cccc(Cl)c2)CC1. The van der Waals surface area contributed by atoms with Crippen molar-refractivity contribution in [2.24, 2.45) is 16.6 Å². The maximum atomic E-state index is 11.8. The summed E-state index contributed by atoms with van der Waals surface area (Å²) < 4.78 is 5.07. The smallest absolute Gasteiger partial charge is 0.409 e. The van der Waals surface area contributed by atoms with Gasteiger partial charge in [0.05, 0.1) is 6.61 Å². The summed E-state index contributed by atoms with van der Waals surface area (Å²) in [5, 5.41) is 4.11. The maximum absolute atomic E-state index is 11.8. The van der Waals surface area contributed by atoms with Crippen LogP contribution >= 0.6 is 11.6 Å². The summed E-state index contributed by atoms with van der Waals surface area (Å²) in [5.74, 6) is 0.885. The minimum atomic E-state index is -0.230. The van der Waals surface area contributed by atoms with Crippen LogP contribution in [0, 0.1) is 5.92 Å². The lowest BCUT2D eigenvalue weighted by Gasteiger charge is -2.39. The molecule has 0 aromatic heterocycles. The number of guanidine groups is 1. The van der Waals surface area contributed by atoms with Crippen LogP contribution < -0.4 is 11.1 Å².